The summed E-state index contributed by atoms with van der Waals surface area (Å²) in [6, 6.07) is 48.4. The van der Waals surface area contributed by atoms with E-state index in [1.165, 1.54) is 32.6 Å². The monoisotopic (exact) mass is 457 g/mol. The summed E-state index contributed by atoms with van der Waals surface area (Å²) in [5.41, 5.74) is 4.18. The number of rotatable bonds is 7. The molecule has 0 amide bonds. The number of hydrogen-bond donors (Lipinski definition) is 1. The average Bonchev–Trinajstić information content (AvgIpc) is 2.90. The van der Waals surface area contributed by atoms with E-state index >= 15 is 0 Å². The van der Waals surface area contributed by atoms with E-state index in [1.807, 2.05) is 0 Å². The minimum Gasteiger partial charge on any atom is -0.302 e. The van der Waals surface area contributed by atoms with Crippen molar-refractivity contribution in [3.05, 3.63) is 150 Å². The molecule has 0 spiro atoms. The minimum absolute atomic E-state index is 0.0989. The van der Waals surface area contributed by atoms with Crippen molar-refractivity contribution >= 4 is 24.0 Å². The van der Waals surface area contributed by atoms with Gasteiger partial charge in [0, 0.05) is 5.67 Å². The highest BCUT2D eigenvalue weighted by Crippen LogP contribution is 2.34. The van der Waals surface area contributed by atoms with Gasteiger partial charge in [0.05, 0.1) is 6.04 Å². The molecular weight excluding hydrogens is 426 g/mol. The second kappa shape index (κ2) is 9.80. The van der Waals surface area contributed by atoms with E-state index < -0.39 is 8.07 Å². The number of benzene rings is 5. The van der Waals surface area contributed by atoms with Crippen molar-refractivity contribution in [3.8, 4) is 0 Å². The van der Waals surface area contributed by atoms with Gasteiger partial charge in [-0.1, -0.05) is 152 Å². The minimum atomic E-state index is -2.01. The molecule has 2 heteroatoms. The summed E-state index contributed by atoms with van der Waals surface area (Å²) in [4.78, 5) is 0. The second-order valence-corrected chi connectivity index (χ2v) is 14.1. The molecule has 0 aliphatic heterocycles. The standard InChI is InChI=1S/C32H31NSi/c1-34(2,28-21-10-5-11-22-28)32(30-24-14-20-25-15-12-13-23-29(25)30)33-31(26-16-6-3-7-17-26)27-18-8-4-9-19-27/h3-24,31-33H,1-2H3. The maximum Gasteiger partial charge on any atom is 0.104 e. The normalized spacial score (nSPS) is 12.7. The van der Waals surface area contributed by atoms with E-state index in [9.17, 15) is 0 Å². The maximum atomic E-state index is 4.20. The lowest BCUT2D eigenvalue weighted by molar-refractivity contribution is 0.577. The third-order valence-corrected chi connectivity index (χ3v) is 10.7. The SMILES string of the molecule is C[Si](C)(c1ccccc1)C(NC(c1ccccc1)c1ccccc1)c1cccc2ccccc12. The van der Waals surface area contributed by atoms with Crippen molar-refractivity contribution < 1.29 is 0 Å². The Bertz CT molecular complexity index is 1300. The Balaban J connectivity index is 1.69. The molecule has 0 aromatic heterocycles. The number of hydrogen-bond acceptors (Lipinski definition) is 1. The van der Waals surface area contributed by atoms with Gasteiger partial charge >= 0.3 is 0 Å². The van der Waals surface area contributed by atoms with Gasteiger partial charge in [-0.25, -0.2) is 0 Å². The predicted molar refractivity (Wildman–Crippen MR) is 148 cm³/mol. The number of nitrogens with one attached hydrogen (secondary N) is 1. The highest BCUT2D eigenvalue weighted by Gasteiger charge is 2.37. The smallest absolute Gasteiger partial charge is 0.104 e. The summed E-state index contributed by atoms with van der Waals surface area (Å²) in [5, 5.41) is 8.28. The van der Waals surface area contributed by atoms with Gasteiger partial charge in [-0.05, 0) is 27.5 Å². The Kier molecular flexibility index (Phi) is 6.44. The van der Waals surface area contributed by atoms with E-state index in [1.54, 1.807) is 0 Å². The summed E-state index contributed by atoms with van der Waals surface area (Å²) in [7, 11) is -2.01. The fraction of sp³-hybridized carbons (Fsp3) is 0.125. The fourth-order valence-electron chi connectivity index (χ4n) is 5.07. The summed E-state index contributed by atoms with van der Waals surface area (Å²) < 4.78 is 0. The van der Waals surface area contributed by atoms with Crippen LogP contribution >= 0.6 is 0 Å². The first-order chi connectivity index (χ1) is 16.6. The fourth-order valence-corrected chi connectivity index (χ4v) is 8.06. The lowest BCUT2D eigenvalue weighted by atomic mass is 9.97. The maximum absolute atomic E-state index is 4.20. The van der Waals surface area contributed by atoms with Crippen LogP contribution in [0.5, 0.6) is 0 Å². The van der Waals surface area contributed by atoms with Crippen molar-refractivity contribution in [3.63, 3.8) is 0 Å². The van der Waals surface area contributed by atoms with Crippen molar-refractivity contribution in [1.29, 1.82) is 0 Å². The molecule has 34 heavy (non-hydrogen) atoms. The molecule has 1 atom stereocenters. The molecule has 168 valence electrons. The van der Waals surface area contributed by atoms with E-state index in [0.29, 0.717) is 0 Å². The van der Waals surface area contributed by atoms with Crippen LogP contribution in [0.4, 0.5) is 0 Å². The molecule has 0 bridgehead atoms. The molecule has 5 aromatic rings. The molecule has 1 unspecified atom stereocenters. The molecule has 1 nitrogen and oxygen atoms in total. The van der Waals surface area contributed by atoms with Crippen LogP contribution in [0.15, 0.2) is 133 Å². The summed E-state index contributed by atoms with van der Waals surface area (Å²) in [6.07, 6.45) is 0. The highest BCUT2D eigenvalue weighted by molar-refractivity contribution is 6.90. The quantitative estimate of drug-likeness (QED) is 0.251. The predicted octanol–water partition coefficient (Wildman–Crippen LogP) is 7.41. The van der Waals surface area contributed by atoms with Crippen molar-refractivity contribution in [2.75, 3.05) is 0 Å². The summed E-state index contributed by atoms with van der Waals surface area (Å²) in [5.74, 6) is 0. The van der Waals surface area contributed by atoms with E-state index in [0.717, 1.165) is 0 Å². The highest BCUT2D eigenvalue weighted by atomic mass is 28.3. The van der Waals surface area contributed by atoms with Gasteiger partial charge in [0.15, 0.2) is 0 Å². The van der Waals surface area contributed by atoms with Crippen LogP contribution in [0.3, 0.4) is 0 Å². The third kappa shape index (κ3) is 4.48. The summed E-state index contributed by atoms with van der Waals surface area (Å²) >= 11 is 0. The zero-order valence-corrected chi connectivity index (χ0v) is 20.9. The molecule has 0 fully saturated rings. The molecule has 0 radical (unpaired) electrons. The van der Waals surface area contributed by atoms with Gasteiger partial charge < -0.3 is 5.32 Å². The van der Waals surface area contributed by atoms with Crippen LogP contribution in [0.1, 0.15) is 28.4 Å². The zero-order chi connectivity index (χ0) is 23.4. The lowest BCUT2D eigenvalue weighted by Gasteiger charge is -2.38. The number of fused-ring (bicyclic) bond motifs is 1. The van der Waals surface area contributed by atoms with Gasteiger partial charge in [-0.3, -0.25) is 0 Å². The first-order valence-electron chi connectivity index (χ1n) is 12.0. The second-order valence-electron chi connectivity index (χ2n) is 9.51. The Hall–Kier alpha value is -3.46. The lowest BCUT2D eigenvalue weighted by Crippen LogP contribution is -2.53. The first kappa shape index (κ1) is 22.3. The topological polar surface area (TPSA) is 12.0 Å². The van der Waals surface area contributed by atoms with Crippen molar-refractivity contribution in [1.82, 2.24) is 5.32 Å². The summed E-state index contributed by atoms with van der Waals surface area (Å²) in [6.45, 7) is 4.99. The Morgan fingerprint density at radius 1 is 0.529 bits per heavy atom. The molecular formula is C32H31NSi. The molecule has 5 aromatic carbocycles. The average molecular weight is 458 g/mol. The van der Waals surface area contributed by atoms with Crippen LogP contribution in [-0.4, -0.2) is 8.07 Å². The van der Waals surface area contributed by atoms with Gasteiger partial charge in [0.1, 0.15) is 8.07 Å². The Morgan fingerprint density at radius 3 is 1.65 bits per heavy atom. The van der Waals surface area contributed by atoms with E-state index in [-0.39, 0.29) is 11.7 Å². The van der Waals surface area contributed by atoms with Crippen molar-refractivity contribution in [2.24, 2.45) is 0 Å². The Morgan fingerprint density at radius 2 is 1.03 bits per heavy atom. The van der Waals surface area contributed by atoms with E-state index in [2.05, 4.69) is 152 Å². The van der Waals surface area contributed by atoms with E-state index in [4.69, 9.17) is 0 Å². The molecule has 0 aliphatic carbocycles. The molecule has 1 N–H and O–H groups in total. The van der Waals surface area contributed by atoms with Crippen LogP contribution in [0.2, 0.25) is 13.1 Å². The zero-order valence-electron chi connectivity index (χ0n) is 19.9. The van der Waals surface area contributed by atoms with Crippen LogP contribution < -0.4 is 10.5 Å². The molecule has 0 aliphatic rings. The molecule has 0 saturated heterocycles. The van der Waals surface area contributed by atoms with Gasteiger partial charge in [0.25, 0.3) is 0 Å². The first-order valence-corrected chi connectivity index (χ1v) is 15.1. The van der Waals surface area contributed by atoms with Gasteiger partial charge in [-0.15, -0.1) is 0 Å². The van der Waals surface area contributed by atoms with Crippen molar-refractivity contribution in [2.45, 2.75) is 24.8 Å². The molecule has 5 rings (SSSR count). The van der Waals surface area contributed by atoms with Crippen LogP contribution in [-0.2, 0) is 0 Å². The molecule has 0 heterocycles. The van der Waals surface area contributed by atoms with Crippen LogP contribution in [0, 0.1) is 0 Å². The molecule has 0 saturated carbocycles. The largest absolute Gasteiger partial charge is 0.302 e. The van der Waals surface area contributed by atoms with Gasteiger partial charge in [0.2, 0.25) is 0 Å². The van der Waals surface area contributed by atoms with Gasteiger partial charge in [-0.2, -0.15) is 0 Å². The third-order valence-electron chi connectivity index (χ3n) is 6.97. The Labute approximate surface area is 204 Å². The van der Waals surface area contributed by atoms with Crippen LogP contribution in [0.25, 0.3) is 10.8 Å².